The maximum atomic E-state index is 13.0. The molecule has 0 amide bonds. The largest absolute Gasteiger partial charge is 0.497 e. The smallest absolute Gasteiger partial charge is 0.338 e. The fraction of sp³-hybridized carbons (Fsp3) is 0.256. The highest BCUT2D eigenvalue weighted by atomic mass is 16.5. The first-order chi connectivity index (χ1) is 23.3. The van der Waals surface area contributed by atoms with E-state index in [1.165, 1.54) is 0 Å². The number of aryl methyl sites for hydroxylation is 1. The minimum Gasteiger partial charge on any atom is -0.497 e. The van der Waals surface area contributed by atoms with Gasteiger partial charge in [-0.3, -0.25) is 14.3 Å². The van der Waals surface area contributed by atoms with Crippen molar-refractivity contribution >= 4 is 5.97 Å². The molecular weight excluding hydrogens is 608 g/mol. The van der Waals surface area contributed by atoms with Gasteiger partial charge in [0.25, 0.3) is 5.56 Å². The van der Waals surface area contributed by atoms with Crippen LogP contribution in [0.3, 0.4) is 0 Å². The third-order valence-electron chi connectivity index (χ3n) is 9.25. The van der Waals surface area contributed by atoms with Crippen molar-refractivity contribution in [3.05, 3.63) is 164 Å². The van der Waals surface area contributed by atoms with Gasteiger partial charge in [0.1, 0.15) is 17.1 Å². The molecule has 4 aromatic carbocycles. The number of ether oxygens (including phenoxy) is 4. The van der Waals surface area contributed by atoms with Crippen LogP contribution >= 0.6 is 0 Å². The number of rotatable bonds is 12. The summed E-state index contributed by atoms with van der Waals surface area (Å²) < 4.78 is 25.5. The summed E-state index contributed by atoms with van der Waals surface area (Å²) in [5, 5.41) is 0. The van der Waals surface area contributed by atoms with Gasteiger partial charge in [-0.15, -0.1) is 0 Å². The Balaban J connectivity index is 1.37. The van der Waals surface area contributed by atoms with Gasteiger partial charge < -0.3 is 18.9 Å². The Bertz CT molecular complexity index is 1910. The molecule has 5 aromatic rings. The van der Waals surface area contributed by atoms with Crippen LogP contribution in [0.4, 0.5) is 0 Å². The lowest BCUT2D eigenvalue weighted by atomic mass is 9.69. The Morgan fingerprint density at radius 1 is 0.771 bits per heavy atom. The lowest BCUT2D eigenvalue weighted by molar-refractivity contribution is -0.0778. The molecule has 1 heterocycles. The summed E-state index contributed by atoms with van der Waals surface area (Å²) in [7, 11) is 3.26. The molecule has 1 aromatic heterocycles. The van der Waals surface area contributed by atoms with Gasteiger partial charge >= 0.3 is 11.7 Å². The Morgan fingerprint density at radius 2 is 1.31 bits per heavy atom. The molecule has 1 fully saturated rings. The average Bonchev–Trinajstić information content (AvgIpc) is 3.12. The second-order valence-corrected chi connectivity index (χ2v) is 12.0. The molecule has 1 saturated carbocycles. The number of aromatic nitrogens is 2. The quantitative estimate of drug-likeness (QED) is 0.133. The summed E-state index contributed by atoms with van der Waals surface area (Å²) in [5.41, 5.74) is 1.65. The van der Waals surface area contributed by atoms with Gasteiger partial charge in [-0.25, -0.2) is 9.59 Å². The maximum absolute atomic E-state index is 13.0. The molecule has 1 aliphatic carbocycles. The molecule has 0 aliphatic heterocycles. The number of hydrogen-bond donors (Lipinski definition) is 1. The van der Waals surface area contributed by atoms with Crippen LogP contribution < -0.4 is 20.7 Å². The zero-order chi connectivity index (χ0) is 33.7. The van der Waals surface area contributed by atoms with Crippen molar-refractivity contribution in [2.75, 3.05) is 27.4 Å². The number of nitrogens with zero attached hydrogens (tertiary/aromatic N) is 1. The highest BCUT2D eigenvalue weighted by Gasteiger charge is 2.46. The fourth-order valence-corrected chi connectivity index (χ4v) is 6.51. The van der Waals surface area contributed by atoms with Crippen LogP contribution in [-0.4, -0.2) is 43.0 Å². The normalized spacial score (nSPS) is 17.3. The zero-order valence-corrected chi connectivity index (χ0v) is 27.1. The van der Waals surface area contributed by atoms with Gasteiger partial charge in [0, 0.05) is 23.7 Å². The van der Waals surface area contributed by atoms with E-state index in [0.717, 1.165) is 28.2 Å². The predicted molar refractivity (Wildman–Crippen MR) is 182 cm³/mol. The van der Waals surface area contributed by atoms with Crippen LogP contribution in [0.2, 0.25) is 0 Å². The first-order valence-electron chi connectivity index (χ1n) is 15.9. The molecule has 0 saturated heterocycles. The number of nitrogens with one attached hydrogen (secondary N) is 1. The number of carbonyl (C=O) groups is 1. The fourth-order valence-electron chi connectivity index (χ4n) is 6.51. The summed E-state index contributed by atoms with van der Waals surface area (Å²) in [6, 6.07) is 34.2. The van der Waals surface area contributed by atoms with E-state index in [9.17, 15) is 14.4 Å². The van der Waals surface area contributed by atoms with Crippen LogP contribution in [-0.2, 0) is 15.1 Å². The van der Waals surface area contributed by atoms with Crippen LogP contribution in [0.1, 0.15) is 45.1 Å². The van der Waals surface area contributed by atoms with E-state index in [-0.39, 0.29) is 31.1 Å². The van der Waals surface area contributed by atoms with E-state index >= 15 is 0 Å². The molecule has 1 N–H and O–H groups in total. The molecule has 1 aliphatic rings. The standard InChI is InChI=1S/C39H38N2O7/c1-26-23-41(38(44)40-36(26)42)35-22-28(34(35)25-47-37(43)27-10-6-4-7-11-27)24-48-39(29-12-8-5-9-13-29,30-14-18-32(45-2)19-15-30)31-16-20-33(46-3)21-17-31/h4-21,23,28,34-35H,22,24-25H2,1-3H3,(H,40,42,44)/t28-,34-,35-/m1/s1. The molecule has 0 radical (unpaired) electrons. The third-order valence-corrected chi connectivity index (χ3v) is 9.25. The highest BCUT2D eigenvalue weighted by Crippen LogP contribution is 2.47. The average molecular weight is 647 g/mol. The summed E-state index contributed by atoms with van der Waals surface area (Å²) >= 11 is 0. The minimum absolute atomic E-state index is 0.0699. The lowest BCUT2D eigenvalue weighted by Crippen LogP contribution is -2.49. The Morgan fingerprint density at radius 3 is 1.88 bits per heavy atom. The SMILES string of the molecule is COc1ccc(C(OC[C@H]2C[C@@H](n3cc(C)c(=O)[nH]c3=O)[C@@H]2COC(=O)c2ccccc2)(c2ccccc2)c2ccc(OC)cc2)cc1. The number of carbonyl (C=O) groups excluding carboxylic acids is 1. The molecule has 0 unspecified atom stereocenters. The Hall–Kier alpha value is -5.41. The van der Waals surface area contributed by atoms with Crippen LogP contribution in [0.5, 0.6) is 11.5 Å². The van der Waals surface area contributed by atoms with Gasteiger partial charge in [-0.2, -0.15) is 0 Å². The first kappa shape index (κ1) is 32.5. The number of H-pyrrole nitrogens is 1. The molecule has 0 spiro atoms. The molecule has 9 heteroatoms. The number of hydrogen-bond acceptors (Lipinski definition) is 7. The van der Waals surface area contributed by atoms with Gasteiger partial charge in [0.05, 0.1) is 33.0 Å². The van der Waals surface area contributed by atoms with E-state index in [2.05, 4.69) is 4.98 Å². The zero-order valence-electron chi connectivity index (χ0n) is 27.1. The van der Waals surface area contributed by atoms with Gasteiger partial charge in [-0.05, 0) is 72.4 Å². The van der Waals surface area contributed by atoms with Crippen molar-refractivity contribution < 1.29 is 23.7 Å². The summed E-state index contributed by atoms with van der Waals surface area (Å²) in [4.78, 5) is 40.5. The monoisotopic (exact) mass is 646 g/mol. The van der Waals surface area contributed by atoms with Gasteiger partial charge in [0.2, 0.25) is 0 Å². The van der Waals surface area contributed by atoms with Crippen molar-refractivity contribution in [3.8, 4) is 11.5 Å². The van der Waals surface area contributed by atoms with Crippen molar-refractivity contribution in [1.29, 1.82) is 0 Å². The van der Waals surface area contributed by atoms with Crippen molar-refractivity contribution in [3.63, 3.8) is 0 Å². The molecule has 48 heavy (non-hydrogen) atoms. The van der Waals surface area contributed by atoms with E-state index < -0.39 is 22.8 Å². The van der Waals surface area contributed by atoms with Crippen molar-refractivity contribution in [2.24, 2.45) is 11.8 Å². The number of aromatic amines is 1. The van der Waals surface area contributed by atoms with Crippen LogP contribution in [0.15, 0.2) is 125 Å². The van der Waals surface area contributed by atoms with Gasteiger partial charge in [-0.1, -0.05) is 72.8 Å². The van der Waals surface area contributed by atoms with Gasteiger partial charge in [0.15, 0.2) is 0 Å². The van der Waals surface area contributed by atoms with E-state index in [0.29, 0.717) is 17.5 Å². The molecular formula is C39H38N2O7. The molecule has 9 nitrogen and oxygen atoms in total. The van der Waals surface area contributed by atoms with E-state index in [1.807, 2.05) is 84.9 Å². The van der Waals surface area contributed by atoms with Crippen molar-refractivity contribution in [2.45, 2.75) is 25.0 Å². The summed E-state index contributed by atoms with van der Waals surface area (Å²) in [6.07, 6.45) is 2.16. The predicted octanol–water partition coefficient (Wildman–Crippen LogP) is 5.91. The highest BCUT2D eigenvalue weighted by molar-refractivity contribution is 5.89. The minimum atomic E-state index is -1.03. The second kappa shape index (κ2) is 14.1. The summed E-state index contributed by atoms with van der Waals surface area (Å²) in [6.45, 7) is 2.02. The third kappa shape index (κ3) is 6.41. The Labute approximate surface area is 278 Å². The topological polar surface area (TPSA) is 109 Å². The van der Waals surface area contributed by atoms with E-state index in [1.54, 1.807) is 56.2 Å². The molecule has 3 atom stereocenters. The van der Waals surface area contributed by atoms with Crippen molar-refractivity contribution in [1.82, 2.24) is 9.55 Å². The van der Waals surface area contributed by atoms with E-state index in [4.69, 9.17) is 18.9 Å². The number of benzene rings is 4. The molecule has 0 bridgehead atoms. The number of esters is 1. The number of methoxy groups -OCH3 is 2. The maximum Gasteiger partial charge on any atom is 0.338 e. The van der Waals surface area contributed by atoms with Crippen LogP contribution in [0, 0.1) is 18.8 Å². The summed E-state index contributed by atoms with van der Waals surface area (Å²) in [5.74, 6) is 0.651. The van der Waals surface area contributed by atoms with Crippen LogP contribution in [0.25, 0.3) is 0 Å². The molecule has 6 rings (SSSR count). The first-order valence-corrected chi connectivity index (χ1v) is 15.9. The second-order valence-electron chi connectivity index (χ2n) is 12.0. The lowest BCUT2D eigenvalue weighted by Gasteiger charge is -2.46. The molecule has 246 valence electrons. The Kier molecular flexibility index (Phi) is 9.59.